The summed E-state index contributed by atoms with van der Waals surface area (Å²) in [6.07, 6.45) is 4.48. The number of rotatable bonds is 6. The van der Waals surface area contributed by atoms with Gasteiger partial charge in [0, 0.05) is 6.21 Å². The van der Waals surface area contributed by atoms with E-state index in [2.05, 4.69) is 36.9 Å². The lowest BCUT2D eigenvalue weighted by molar-refractivity contribution is 0.554. The maximum absolute atomic E-state index is 8.96. The number of benzene rings is 3. The molecule has 0 aliphatic rings. The van der Waals surface area contributed by atoms with Crippen molar-refractivity contribution in [3.8, 4) is 6.07 Å². The molecule has 3 aromatic carbocycles. The van der Waals surface area contributed by atoms with E-state index in [1.807, 2.05) is 73.0 Å². The van der Waals surface area contributed by atoms with Crippen LogP contribution in [0.1, 0.15) is 28.7 Å². The molecule has 0 saturated heterocycles. The summed E-state index contributed by atoms with van der Waals surface area (Å²) in [5.74, 6) is 0. The minimum absolute atomic E-state index is 0.530. The number of nitriles is 1. The fourth-order valence-corrected chi connectivity index (χ4v) is 3.07. The standard InChI is InChI=1S/C24H20N2/c1-2-17-24(22-9-5-3-6-10-22,23-11-7-4-8-12-23)26-19-21-15-13-20(18-25)14-16-21/h2-16,19H,1,17H2. The highest BCUT2D eigenvalue weighted by atomic mass is 14.9. The summed E-state index contributed by atoms with van der Waals surface area (Å²) in [5.41, 5.74) is 3.32. The van der Waals surface area contributed by atoms with E-state index in [-0.39, 0.29) is 0 Å². The zero-order valence-electron chi connectivity index (χ0n) is 14.5. The summed E-state index contributed by atoms with van der Waals surface area (Å²) in [4.78, 5) is 5.03. The molecule has 0 heterocycles. The van der Waals surface area contributed by atoms with Gasteiger partial charge in [0.1, 0.15) is 5.54 Å². The van der Waals surface area contributed by atoms with Gasteiger partial charge in [-0.25, -0.2) is 0 Å². The molecule has 126 valence electrons. The van der Waals surface area contributed by atoms with Crippen molar-refractivity contribution in [2.24, 2.45) is 4.99 Å². The Hall–Kier alpha value is -3.44. The molecule has 0 radical (unpaired) electrons. The molecule has 0 N–H and O–H groups in total. The molecule has 0 amide bonds. The van der Waals surface area contributed by atoms with Gasteiger partial charge in [-0.3, -0.25) is 4.99 Å². The Balaban J connectivity index is 2.11. The highest BCUT2D eigenvalue weighted by Crippen LogP contribution is 2.37. The molecular formula is C24H20N2. The largest absolute Gasteiger partial charge is 0.276 e. The summed E-state index contributed by atoms with van der Waals surface area (Å²) in [7, 11) is 0. The maximum Gasteiger partial charge on any atom is 0.114 e. The molecule has 3 aromatic rings. The fraction of sp³-hybridized carbons (Fsp3) is 0.0833. The van der Waals surface area contributed by atoms with Crippen LogP contribution < -0.4 is 0 Å². The minimum atomic E-state index is -0.530. The molecule has 2 nitrogen and oxygen atoms in total. The van der Waals surface area contributed by atoms with Crippen LogP contribution in [0.2, 0.25) is 0 Å². The van der Waals surface area contributed by atoms with Crippen molar-refractivity contribution in [1.82, 2.24) is 0 Å². The van der Waals surface area contributed by atoms with Crippen LogP contribution in [0.5, 0.6) is 0 Å². The molecule has 0 spiro atoms. The molecule has 0 aromatic heterocycles. The smallest absolute Gasteiger partial charge is 0.114 e. The quantitative estimate of drug-likeness (QED) is 0.432. The second-order valence-electron chi connectivity index (χ2n) is 6.08. The first-order valence-corrected chi connectivity index (χ1v) is 8.56. The maximum atomic E-state index is 8.96. The molecule has 3 rings (SSSR count). The van der Waals surface area contributed by atoms with Gasteiger partial charge in [0.2, 0.25) is 0 Å². The van der Waals surface area contributed by atoms with Crippen LogP contribution in [0.25, 0.3) is 0 Å². The van der Waals surface area contributed by atoms with Crippen LogP contribution in [-0.4, -0.2) is 6.21 Å². The monoisotopic (exact) mass is 336 g/mol. The first-order chi connectivity index (χ1) is 12.8. The van der Waals surface area contributed by atoms with Crippen molar-refractivity contribution in [2.45, 2.75) is 12.0 Å². The van der Waals surface area contributed by atoms with E-state index in [0.29, 0.717) is 12.0 Å². The van der Waals surface area contributed by atoms with Gasteiger partial charge in [-0.15, -0.1) is 6.58 Å². The van der Waals surface area contributed by atoms with E-state index in [1.165, 1.54) is 0 Å². The highest BCUT2D eigenvalue weighted by Gasteiger charge is 2.31. The van der Waals surface area contributed by atoms with Gasteiger partial charge in [0.05, 0.1) is 11.6 Å². The van der Waals surface area contributed by atoms with Gasteiger partial charge in [-0.2, -0.15) is 5.26 Å². The van der Waals surface area contributed by atoms with Crippen molar-refractivity contribution in [3.05, 3.63) is 120 Å². The summed E-state index contributed by atoms with van der Waals surface area (Å²) < 4.78 is 0. The van der Waals surface area contributed by atoms with Gasteiger partial charge in [0.15, 0.2) is 0 Å². The van der Waals surface area contributed by atoms with E-state index in [4.69, 9.17) is 10.3 Å². The molecule has 0 aliphatic carbocycles. The first-order valence-electron chi connectivity index (χ1n) is 8.56. The zero-order chi connectivity index (χ0) is 18.2. The lowest BCUT2D eigenvalue weighted by atomic mass is 9.80. The van der Waals surface area contributed by atoms with Gasteiger partial charge in [-0.05, 0) is 35.2 Å². The third-order valence-corrected chi connectivity index (χ3v) is 4.42. The topological polar surface area (TPSA) is 36.1 Å². The fourth-order valence-electron chi connectivity index (χ4n) is 3.07. The van der Waals surface area contributed by atoms with E-state index >= 15 is 0 Å². The summed E-state index contributed by atoms with van der Waals surface area (Å²) in [6, 6.07) is 30.2. The van der Waals surface area contributed by atoms with Crippen molar-refractivity contribution in [3.63, 3.8) is 0 Å². The van der Waals surface area contributed by atoms with Crippen LogP contribution in [0, 0.1) is 11.3 Å². The highest BCUT2D eigenvalue weighted by molar-refractivity contribution is 5.80. The Bertz CT molecular complexity index is 878. The number of hydrogen-bond acceptors (Lipinski definition) is 2. The van der Waals surface area contributed by atoms with Gasteiger partial charge in [-0.1, -0.05) is 78.9 Å². The number of nitrogens with zero attached hydrogens (tertiary/aromatic N) is 2. The van der Waals surface area contributed by atoms with Crippen LogP contribution >= 0.6 is 0 Å². The average Bonchev–Trinajstić information content (AvgIpc) is 2.73. The Morgan fingerprint density at radius 2 is 1.38 bits per heavy atom. The van der Waals surface area contributed by atoms with Crippen LogP contribution in [0.15, 0.2) is 103 Å². The number of hydrogen-bond donors (Lipinski definition) is 0. The first kappa shape index (κ1) is 17.4. The van der Waals surface area contributed by atoms with Crippen molar-refractivity contribution in [1.29, 1.82) is 5.26 Å². The molecule has 0 atom stereocenters. The molecule has 0 unspecified atom stereocenters. The Morgan fingerprint density at radius 1 is 0.846 bits per heavy atom. The van der Waals surface area contributed by atoms with E-state index in [0.717, 1.165) is 16.7 Å². The Labute approximate surface area is 154 Å². The van der Waals surface area contributed by atoms with E-state index < -0.39 is 5.54 Å². The third-order valence-electron chi connectivity index (χ3n) is 4.42. The van der Waals surface area contributed by atoms with Gasteiger partial charge < -0.3 is 0 Å². The molecule has 2 heteroatoms. The van der Waals surface area contributed by atoms with E-state index in [9.17, 15) is 0 Å². The van der Waals surface area contributed by atoms with Gasteiger partial charge >= 0.3 is 0 Å². The second kappa shape index (κ2) is 8.09. The van der Waals surface area contributed by atoms with Crippen LogP contribution in [-0.2, 0) is 5.54 Å². The van der Waals surface area contributed by atoms with E-state index in [1.54, 1.807) is 0 Å². The molecule has 0 saturated carbocycles. The van der Waals surface area contributed by atoms with Crippen LogP contribution in [0.4, 0.5) is 0 Å². The second-order valence-corrected chi connectivity index (χ2v) is 6.08. The zero-order valence-corrected chi connectivity index (χ0v) is 14.5. The minimum Gasteiger partial charge on any atom is -0.276 e. The average molecular weight is 336 g/mol. The van der Waals surface area contributed by atoms with Crippen molar-refractivity contribution in [2.75, 3.05) is 0 Å². The van der Waals surface area contributed by atoms with Crippen LogP contribution in [0.3, 0.4) is 0 Å². The molecular weight excluding hydrogens is 316 g/mol. The Kier molecular flexibility index (Phi) is 5.41. The summed E-state index contributed by atoms with van der Waals surface area (Å²) in [5, 5.41) is 8.96. The van der Waals surface area contributed by atoms with Crippen molar-refractivity contribution < 1.29 is 0 Å². The molecule has 26 heavy (non-hydrogen) atoms. The number of aliphatic imine (C=N–C) groups is 1. The molecule has 0 fully saturated rings. The van der Waals surface area contributed by atoms with Gasteiger partial charge in [0.25, 0.3) is 0 Å². The normalized spacial score (nSPS) is 11.2. The predicted molar refractivity (Wildman–Crippen MR) is 107 cm³/mol. The third kappa shape index (κ3) is 3.63. The lowest BCUT2D eigenvalue weighted by Gasteiger charge is -2.30. The molecule has 0 bridgehead atoms. The Morgan fingerprint density at radius 3 is 1.85 bits per heavy atom. The lowest BCUT2D eigenvalue weighted by Crippen LogP contribution is -2.25. The summed E-state index contributed by atoms with van der Waals surface area (Å²) >= 11 is 0. The van der Waals surface area contributed by atoms with Crippen molar-refractivity contribution >= 4 is 6.21 Å². The summed E-state index contributed by atoms with van der Waals surface area (Å²) in [6.45, 7) is 3.96. The SMILES string of the molecule is C=CCC(N=Cc1ccc(C#N)cc1)(c1ccccc1)c1ccccc1. The molecule has 0 aliphatic heterocycles. The predicted octanol–water partition coefficient (Wildman–Crippen LogP) is 5.50.